The molecule has 3 N–H and O–H groups in total. The zero-order valence-corrected chi connectivity index (χ0v) is 18.8. The van der Waals surface area contributed by atoms with Crippen LogP contribution in [0.15, 0.2) is 52.3 Å². The predicted octanol–water partition coefficient (Wildman–Crippen LogP) is 4.07. The molecule has 0 heterocycles. The molecule has 0 aliphatic carbocycles. The van der Waals surface area contributed by atoms with Crippen LogP contribution in [0.5, 0.6) is 0 Å². The number of aryl methyl sites for hydroxylation is 1. The van der Waals surface area contributed by atoms with Crippen LogP contribution in [0.2, 0.25) is 0 Å². The van der Waals surface area contributed by atoms with Crippen molar-refractivity contribution in [3.63, 3.8) is 0 Å². The molecular weight excluding hydrogens is 452 g/mol. The Morgan fingerprint density at radius 2 is 1.85 bits per heavy atom. The van der Waals surface area contributed by atoms with Crippen molar-refractivity contribution >= 4 is 35.5 Å². The third-order valence-electron chi connectivity index (χ3n) is 4.72. The van der Waals surface area contributed by atoms with Gasteiger partial charge in [-0.3, -0.25) is 14.9 Å². The van der Waals surface area contributed by atoms with Crippen molar-refractivity contribution in [3.8, 4) is 0 Å². The average molecular weight is 477 g/mol. The van der Waals surface area contributed by atoms with Gasteiger partial charge in [0.15, 0.2) is 0 Å². The number of alkyl carbamates (subject to hydrolysis) is 1. The van der Waals surface area contributed by atoms with Gasteiger partial charge in [-0.1, -0.05) is 43.8 Å². The van der Waals surface area contributed by atoms with E-state index < -0.39 is 41.3 Å². The van der Waals surface area contributed by atoms with Crippen LogP contribution < -0.4 is 5.32 Å². The SMILES string of the molecule is CCc1cc([N+](=O)[O-])c(C(C)COC(=O)NC(CC(=O)O)C(=O)O)cc1Sc1ccccc1. The summed E-state index contributed by atoms with van der Waals surface area (Å²) in [6, 6.07) is 11.1. The van der Waals surface area contributed by atoms with E-state index in [0.29, 0.717) is 12.0 Å². The van der Waals surface area contributed by atoms with Crippen LogP contribution in [0.3, 0.4) is 0 Å². The monoisotopic (exact) mass is 476 g/mol. The molecule has 0 saturated carbocycles. The maximum Gasteiger partial charge on any atom is 0.407 e. The number of benzene rings is 2. The minimum atomic E-state index is -1.66. The first kappa shape index (κ1) is 25.7. The molecule has 0 aromatic heterocycles. The van der Waals surface area contributed by atoms with E-state index >= 15 is 0 Å². The first-order valence-corrected chi connectivity index (χ1v) is 10.9. The second kappa shape index (κ2) is 11.9. The summed E-state index contributed by atoms with van der Waals surface area (Å²) in [4.78, 5) is 46.8. The fraction of sp³-hybridized carbons (Fsp3) is 0.318. The normalized spacial score (nSPS) is 12.4. The summed E-state index contributed by atoms with van der Waals surface area (Å²) in [7, 11) is 0. The van der Waals surface area contributed by atoms with Crippen molar-refractivity contribution in [2.75, 3.05) is 6.61 Å². The number of aliphatic carboxylic acids is 2. The highest BCUT2D eigenvalue weighted by molar-refractivity contribution is 7.99. The number of carbonyl (C=O) groups excluding carboxylic acids is 1. The van der Waals surface area contributed by atoms with Gasteiger partial charge in [0.1, 0.15) is 12.6 Å². The summed E-state index contributed by atoms with van der Waals surface area (Å²) in [5, 5.41) is 31.4. The molecule has 176 valence electrons. The Balaban J connectivity index is 2.21. The number of nitro benzene ring substituents is 1. The lowest BCUT2D eigenvalue weighted by Gasteiger charge is -2.17. The lowest BCUT2D eigenvalue weighted by Crippen LogP contribution is -2.42. The zero-order chi connectivity index (χ0) is 24.5. The molecule has 0 fully saturated rings. The van der Waals surface area contributed by atoms with Crippen molar-refractivity contribution < 1.29 is 34.3 Å². The quantitative estimate of drug-likeness (QED) is 0.321. The standard InChI is InChI=1S/C22H24N2O8S/c1-3-14-9-18(24(30)31)16(10-19(14)33-15-7-5-4-6-8-15)13(2)12-32-22(29)23-17(21(27)28)11-20(25)26/h4-10,13,17H,3,11-12H2,1-2H3,(H,23,29)(H,25,26)(H,27,28). The summed E-state index contributed by atoms with van der Waals surface area (Å²) in [5.74, 6) is -3.50. The van der Waals surface area contributed by atoms with Gasteiger partial charge in [0.05, 0.1) is 11.3 Å². The highest BCUT2D eigenvalue weighted by Gasteiger charge is 2.26. The maximum atomic E-state index is 12.0. The number of carbonyl (C=O) groups is 3. The van der Waals surface area contributed by atoms with Crippen LogP contribution >= 0.6 is 11.8 Å². The van der Waals surface area contributed by atoms with Gasteiger partial charge in [-0.2, -0.15) is 0 Å². The molecule has 2 atom stereocenters. The number of rotatable bonds is 11. The Morgan fingerprint density at radius 3 is 2.39 bits per heavy atom. The van der Waals surface area contributed by atoms with E-state index in [2.05, 4.69) is 0 Å². The summed E-state index contributed by atoms with van der Waals surface area (Å²) < 4.78 is 5.03. The molecule has 0 bridgehead atoms. The van der Waals surface area contributed by atoms with Crippen LogP contribution in [0.25, 0.3) is 0 Å². The van der Waals surface area contributed by atoms with Gasteiger partial charge in [0, 0.05) is 27.3 Å². The Bertz CT molecular complexity index is 1030. The predicted molar refractivity (Wildman–Crippen MR) is 120 cm³/mol. The van der Waals surface area contributed by atoms with E-state index in [9.17, 15) is 24.5 Å². The number of nitrogens with zero attached hydrogens (tertiary/aromatic N) is 1. The first-order valence-electron chi connectivity index (χ1n) is 10.0. The van der Waals surface area contributed by atoms with Crippen LogP contribution in [-0.4, -0.2) is 45.8 Å². The van der Waals surface area contributed by atoms with E-state index in [1.807, 2.05) is 42.6 Å². The van der Waals surface area contributed by atoms with E-state index in [1.165, 1.54) is 17.8 Å². The molecule has 0 spiro atoms. The second-order valence-corrected chi connectivity index (χ2v) is 8.29. The second-order valence-electron chi connectivity index (χ2n) is 7.18. The van der Waals surface area contributed by atoms with Gasteiger partial charge >= 0.3 is 18.0 Å². The van der Waals surface area contributed by atoms with E-state index in [1.54, 1.807) is 13.0 Å². The number of nitro groups is 1. The van der Waals surface area contributed by atoms with Crippen molar-refractivity contribution in [2.45, 2.75) is 48.4 Å². The molecule has 2 aromatic rings. The Hall–Kier alpha value is -3.60. The minimum Gasteiger partial charge on any atom is -0.481 e. The van der Waals surface area contributed by atoms with Crippen LogP contribution in [0, 0.1) is 10.1 Å². The van der Waals surface area contributed by atoms with Crippen LogP contribution in [0.4, 0.5) is 10.5 Å². The zero-order valence-electron chi connectivity index (χ0n) is 18.0. The average Bonchev–Trinajstić information content (AvgIpc) is 2.76. The van der Waals surface area contributed by atoms with Crippen LogP contribution in [-0.2, 0) is 20.7 Å². The van der Waals surface area contributed by atoms with Gasteiger partial charge in [0.25, 0.3) is 5.69 Å². The third kappa shape index (κ3) is 7.49. The van der Waals surface area contributed by atoms with E-state index in [-0.39, 0.29) is 12.3 Å². The summed E-state index contributed by atoms with van der Waals surface area (Å²) in [6.45, 7) is 3.28. The van der Waals surface area contributed by atoms with Gasteiger partial charge in [-0.05, 0) is 30.2 Å². The molecule has 0 aliphatic rings. The largest absolute Gasteiger partial charge is 0.481 e. The van der Waals surface area contributed by atoms with E-state index in [0.717, 1.165) is 15.4 Å². The fourth-order valence-corrected chi connectivity index (χ4v) is 4.08. The highest BCUT2D eigenvalue weighted by atomic mass is 32.2. The fourth-order valence-electron chi connectivity index (χ4n) is 3.02. The lowest BCUT2D eigenvalue weighted by atomic mass is 9.97. The van der Waals surface area contributed by atoms with Crippen molar-refractivity contribution in [2.24, 2.45) is 0 Å². The molecule has 1 amide bonds. The molecule has 33 heavy (non-hydrogen) atoms. The van der Waals surface area contributed by atoms with Gasteiger partial charge in [-0.25, -0.2) is 9.59 Å². The molecule has 2 aromatic carbocycles. The molecule has 11 heteroatoms. The van der Waals surface area contributed by atoms with Crippen molar-refractivity contribution in [3.05, 3.63) is 63.7 Å². The van der Waals surface area contributed by atoms with Gasteiger partial charge in [-0.15, -0.1) is 0 Å². The molecule has 0 saturated heterocycles. The Morgan fingerprint density at radius 1 is 1.18 bits per heavy atom. The summed E-state index contributed by atoms with van der Waals surface area (Å²) >= 11 is 1.47. The lowest BCUT2D eigenvalue weighted by molar-refractivity contribution is -0.385. The molecule has 10 nitrogen and oxygen atoms in total. The number of hydrogen-bond acceptors (Lipinski definition) is 7. The van der Waals surface area contributed by atoms with E-state index in [4.69, 9.17) is 14.9 Å². The highest BCUT2D eigenvalue weighted by Crippen LogP contribution is 2.37. The minimum absolute atomic E-state index is 0.102. The number of hydrogen-bond donors (Lipinski definition) is 3. The smallest absolute Gasteiger partial charge is 0.407 e. The van der Waals surface area contributed by atoms with Crippen molar-refractivity contribution in [1.29, 1.82) is 0 Å². The molecule has 0 aliphatic heterocycles. The van der Waals surface area contributed by atoms with Crippen molar-refractivity contribution in [1.82, 2.24) is 5.32 Å². The topological polar surface area (TPSA) is 156 Å². The number of ether oxygens (including phenoxy) is 1. The van der Waals surface area contributed by atoms with Gasteiger partial charge < -0.3 is 20.3 Å². The Labute approximate surface area is 194 Å². The van der Waals surface area contributed by atoms with Gasteiger partial charge in [0.2, 0.25) is 0 Å². The molecule has 0 radical (unpaired) electrons. The maximum absolute atomic E-state index is 12.0. The number of carboxylic acid groups (broad SMARTS) is 2. The van der Waals surface area contributed by atoms with Crippen LogP contribution in [0.1, 0.15) is 37.3 Å². The Kier molecular flexibility index (Phi) is 9.22. The number of nitrogens with one attached hydrogen (secondary N) is 1. The number of carboxylic acids is 2. The molecule has 2 rings (SSSR count). The number of amides is 1. The first-order chi connectivity index (χ1) is 15.6. The third-order valence-corrected chi connectivity index (χ3v) is 5.83. The summed E-state index contributed by atoms with van der Waals surface area (Å²) in [6.07, 6.45) is -1.35. The molecular formula is C22H24N2O8S. The molecule has 2 unspecified atom stereocenters. The summed E-state index contributed by atoms with van der Waals surface area (Å²) in [5.41, 5.74) is 1.07.